The van der Waals surface area contributed by atoms with E-state index in [1.54, 1.807) is 22.7 Å². The third-order valence-electron chi connectivity index (χ3n) is 10.2. The Morgan fingerprint density at radius 1 is 0.304 bits per heavy atom. The van der Waals surface area contributed by atoms with Gasteiger partial charge < -0.3 is 0 Å². The molecule has 56 heavy (non-hydrogen) atoms. The van der Waals surface area contributed by atoms with E-state index in [0.717, 1.165) is 65.9 Å². The SMILES string of the molecule is c1ccc(-c2nc(-c3ccccc3)nc(-c3cccc4sc5c(-c6ccc(-c7nc(-c8ccccc8)c8sc9ccccc9c8n7)cc6)cccc5c34)n2)cc1. The largest absolute Gasteiger partial charge is 0.226 e. The van der Waals surface area contributed by atoms with Crippen molar-refractivity contribution in [2.45, 2.75) is 0 Å². The van der Waals surface area contributed by atoms with E-state index < -0.39 is 0 Å². The van der Waals surface area contributed by atoms with Crippen molar-refractivity contribution >= 4 is 63.1 Å². The first-order valence-electron chi connectivity index (χ1n) is 18.4. The van der Waals surface area contributed by atoms with E-state index >= 15 is 0 Å². The highest BCUT2D eigenvalue weighted by atomic mass is 32.1. The van der Waals surface area contributed by atoms with Crippen LogP contribution < -0.4 is 0 Å². The van der Waals surface area contributed by atoms with Crippen molar-refractivity contribution in [2.24, 2.45) is 0 Å². The number of thiophene rings is 2. The van der Waals surface area contributed by atoms with Crippen molar-refractivity contribution in [1.29, 1.82) is 0 Å². The summed E-state index contributed by atoms with van der Waals surface area (Å²) in [4.78, 5) is 25.5. The molecule has 0 saturated carbocycles. The van der Waals surface area contributed by atoms with Gasteiger partial charge in [0, 0.05) is 58.1 Å². The molecular weight excluding hydrogens is 723 g/mol. The van der Waals surface area contributed by atoms with Gasteiger partial charge in [0.15, 0.2) is 23.3 Å². The summed E-state index contributed by atoms with van der Waals surface area (Å²) in [7, 11) is 0. The first-order chi connectivity index (χ1) is 27.7. The molecule has 4 heterocycles. The predicted molar refractivity (Wildman–Crippen MR) is 234 cm³/mol. The van der Waals surface area contributed by atoms with E-state index in [9.17, 15) is 0 Å². The van der Waals surface area contributed by atoms with Gasteiger partial charge in [-0.05, 0) is 23.3 Å². The lowest BCUT2D eigenvalue weighted by molar-refractivity contribution is 1.08. The molecule has 11 aromatic rings. The molecule has 0 saturated heterocycles. The third kappa shape index (κ3) is 5.56. The molecule has 11 rings (SSSR count). The molecule has 0 atom stereocenters. The van der Waals surface area contributed by atoms with E-state index in [1.165, 1.54) is 25.0 Å². The molecule has 4 aromatic heterocycles. The molecule has 0 aliphatic carbocycles. The number of nitrogens with zero attached hydrogens (tertiary/aromatic N) is 5. The predicted octanol–water partition coefficient (Wildman–Crippen LogP) is 13.4. The van der Waals surface area contributed by atoms with Crippen LogP contribution in [0.15, 0.2) is 176 Å². The van der Waals surface area contributed by atoms with Gasteiger partial charge in [0.1, 0.15) is 0 Å². The van der Waals surface area contributed by atoms with Gasteiger partial charge in [0.05, 0.1) is 15.9 Å². The van der Waals surface area contributed by atoms with Crippen molar-refractivity contribution in [3.63, 3.8) is 0 Å². The van der Waals surface area contributed by atoms with Crippen LogP contribution in [-0.4, -0.2) is 24.9 Å². The van der Waals surface area contributed by atoms with Crippen molar-refractivity contribution in [2.75, 3.05) is 0 Å². The topological polar surface area (TPSA) is 64.5 Å². The molecule has 0 spiro atoms. The molecule has 0 N–H and O–H groups in total. The Bertz CT molecular complexity index is 3170. The van der Waals surface area contributed by atoms with Gasteiger partial charge in [0.25, 0.3) is 0 Å². The first kappa shape index (κ1) is 32.5. The van der Waals surface area contributed by atoms with E-state index in [1.807, 2.05) is 66.7 Å². The summed E-state index contributed by atoms with van der Waals surface area (Å²) in [5.41, 5.74) is 9.23. The average Bonchev–Trinajstić information content (AvgIpc) is 3.86. The molecule has 7 aromatic carbocycles. The lowest BCUT2D eigenvalue weighted by atomic mass is 9.99. The fourth-order valence-electron chi connectivity index (χ4n) is 7.50. The fourth-order valence-corrected chi connectivity index (χ4v) is 9.92. The summed E-state index contributed by atoms with van der Waals surface area (Å²) in [6.07, 6.45) is 0. The number of benzene rings is 7. The Hall–Kier alpha value is -6.93. The zero-order valence-electron chi connectivity index (χ0n) is 29.8. The molecule has 0 aliphatic heterocycles. The number of fused-ring (bicyclic) bond motifs is 6. The molecule has 0 unspecified atom stereocenters. The van der Waals surface area contributed by atoms with Gasteiger partial charge in [-0.1, -0.05) is 164 Å². The van der Waals surface area contributed by atoms with E-state index in [2.05, 4.69) is 109 Å². The zero-order valence-corrected chi connectivity index (χ0v) is 31.4. The van der Waals surface area contributed by atoms with Crippen LogP contribution in [0.2, 0.25) is 0 Å². The van der Waals surface area contributed by atoms with Crippen LogP contribution in [0.5, 0.6) is 0 Å². The van der Waals surface area contributed by atoms with Crippen LogP contribution in [0.3, 0.4) is 0 Å². The van der Waals surface area contributed by atoms with Gasteiger partial charge in [-0.25, -0.2) is 24.9 Å². The van der Waals surface area contributed by atoms with Crippen LogP contribution in [0.4, 0.5) is 0 Å². The molecule has 0 fully saturated rings. The Kier molecular flexibility index (Phi) is 7.79. The smallest absolute Gasteiger partial charge is 0.164 e. The second-order valence-corrected chi connectivity index (χ2v) is 15.7. The van der Waals surface area contributed by atoms with Gasteiger partial charge >= 0.3 is 0 Å². The third-order valence-corrected chi connectivity index (χ3v) is 12.6. The second kappa shape index (κ2) is 13.4. The minimum atomic E-state index is 0.651. The molecule has 0 aliphatic rings. The van der Waals surface area contributed by atoms with Gasteiger partial charge in [0.2, 0.25) is 0 Å². The number of rotatable bonds is 6. The quantitative estimate of drug-likeness (QED) is 0.169. The molecular formula is C49H29N5S2. The van der Waals surface area contributed by atoms with Crippen LogP contribution in [0.1, 0.15) is 0 Å². The average molecular weight is 752 g/mol. The van der Waals surface area contributed by atoms with Crippen LogP contribution in [0, 0.1) is 0 Å². The summed E-state index contributed by atoms with van der Waals surface area (Å²) in [5.74, 6) is 2.68. The summed E-state index contributed by atoms with van der Waals surface area (Å²) in [6.45, 7) is 0. The maximum Gasteiger partial charge on any atom is 0.164 e. The van der Waals surface area contributed by atoms with Crippen molar-refractivity contribution < 1.29 is 0 Å². The molecule has 0 amide bonds. The van der Waals surface area contributed by atoms with Gasteiger partial charge in [-0.15, -0.1) is 22.7 Å². The monoisotopic (exact) mass is 751 g/mol. The normalized spacial score (nSPS) is 11.6. The van der Waals surface area contributed by atoms with E-state index in [4.69, 9.17) is 24.9 Å². The van der Waals surface area contributed by atoms with Crippen molar-refractivity contribution in [3.05, 3.63) is 176 Å². The summed E-state index contributed by atoms with van der Waals surface area (Å²) < 4.78 is 4.72. The van der Waals surface area contributed by atoms with Gasteiger partial charge in [-0.2, -0.15) is 0 Å². The van der Waals surface area contributed by atoms with E-state index in [-0.39, 0.29) is 0 Å². The van der Waals surface area contributed by atoms with Crippen molar-refractivity contribution in [1.82, 2.24) is 24.9 Å². The highest BCUT2D eigenvalue weighted by Crippen LogP contribution is 2.44. The molecule has 0 bridgehead atoms. The number of hydrogen-bond acceptors (Lipinski definition) is 7. The zero-order chi connectivity index (χ0) is 37.0. The molecule has 5 nitrogen and oxygen atoms in total. The standard InChI is InChI=1S/C49H29N5S2/c1-4-14-31(15-5-1)42-45-43(36-20-10-11-24-39(36)55-45)51-46(50-42)34-28-26-30(27-29-34)35-21-12-22-37-41-38(23-13-25-40(41)56-44(35)37)49-53-47(32-16-6-2-7-17-32)52-48(54-49)33-18-8-3-9-19-33/h1-29H. The summed E-state index contributed by atoms with van der Waals surface area (Å²) >= 11 is 3.56. The van der Waals surface area contributed by atoms with Gasteiger partial charge in [-0.3, -0.25) is 0 Å². The summed E-state index contributed by atoms with van der Waals surface area (Å²) in [6, 6.07) is 60.9. The fraction of sp³-hybridized carbons (Fsp3) is 0. The lowest BCUT2D eigenvalue weighted by Gasteiger charge is -2.10. The Morgan fingerprint density at radius 2 is 0.804 bits per heavy atom. The molecule has 7 heteroatoms. The van der Waals surface area contributed by atoms with Crippen LogP contribution >= 0.6 is 22.7 Å². The molecule has 262 valence electrons. The Labute approximate surface area is 330 Å². The maximum absolute atomic E-state index is 5.19. The minimum Gasteiger partial charge on any atom is -0.226 e. The summed E-state index contributed by atoms with van der Waals surface area (Å²) in [5, 5.41) is 3.48. The van der Waals surface area contributed by atoms with E-state index in [0.29, 0.717) is 17.5 Å². The highest BCUT2D eigenvalue weighted by molar-refractivity contribution is 7.26. The number of hydrogen-bond donors (Lipinski definition) is 0. The molecule has 0 radical (unpaired) electrons. The number of aromatic nitrogens is 5. The second-order valence-electron chi connectivity index (χ2n) is 13.6. The first-order valence-corrected chi connectivity index (χ1v) is 20.1. The van der Waals surface area contributed by atoms with Crippen LogP contribution in [-0.2, 0) is 0 Å². The van der Waals surface area contributed by atoms with Crippen LogP contribution in [0.25, 0.3) is 108 Å². The lowest BCUT2D eigenvalue weighted by Crippen LogP contribution is -2.00. The maximum atomic E-state index is 5.19. The minimum absolute atomic E-state index is 0.651. The Balaban J connectivity index is 1.03. The Morgan fingerprint density at radius 3 is 1.52 bits per heavy atom. The highest BCUT2D eigenvalue weighted by Gasteiger charge is 2.20. The van der Waals surface area contributed by atoms with Crippen molar-refractivity contribution in [3.8, 4) is 67.9 Å².